The van der Waals surface area contributed by atoms with E-state index < -0.39 is 6.03 Å². The summed E-state index contributed by atoms with van der Waals surface area (Å²) in [5, 5.41) is 7.73. The lowest BCUT2D eigenvalue weighted by Gasteiger charge is -2.10. The van der Waals surface area contributed by atoms with E-state index in [0.29, 0.717) is 23.7 Å². The topological polar surface area (TPSA) is 87.3 Å². The summed E-state index contributed by atoms with van der Waals surface area (Å²) < 4.78 is 0. The van der Waals surface area contributed by atoms with Gasteiger partial charge in [0.05, 0.1) is 6.54 Å². The van der Waals surface area contributed by atoms with Gasteiger partial charge in [-0.3, -0.25) is 9.59 Å². The number of urea groups is 1. The van der Waals surface area contributed by atoms with Crippen LogP contribution in [0.4, 0.5) is 10.5 Å². The number of benzene rings is 1. The fourth-order valence-corrected chi connectivity index (χ4v) is 1.53. The first-order chi connectivity index (χ1) is 9.88. The smallest absolute Gasteiger partial charge is 0.319 e. The molecule has 0 aliphatic rings. The van der Waals surface area contributed by atoms with E-state index in [1.807, 2.05) is 13.8 Å². The summed E-state index contributed by atoms with van der Waals surface area (Å²) in [7, 11) is 0. The van der Waals surface area contributed by atoms with E-state index in [0.717, 1.165) is 0 Å². The molecule has 0 aromatic heterocycles. The van der Waals surface area contributed by atoms with E-state index >= 15 is 0 Å². The molecule has 3 amide bonds. The van der Waals surface area contributed by atoms with Crippen LogP contribution in [0.1, 0.15) is 31.1 Å². The number of carbonyl (C=O) groups excluding carboxylic acids is 3. The third-order valence-corrected chi connectivity index (χ3v) is 2.64. The van der Waals surface area contributed by atoms with Gasteiger partial charge in [0, 0.05) is 17.8 Å². The molecule has 0 unspecified atom stereocenters. The lowest BCUT2D eigenvalue weighted by atomic mass is 10.1. The molecule has 21 heavy (non-hydrogen) atoms. The van der Waals surface area contributed by atoms with Crippen LogP contribution in [0.3, 0.4) is 0 Å². The highest BCUT2D eigenvalue weighted by molar-refractivity contribution is 5.97. The number of carbonyl (C=O) groups is 3. The van der Waals surface area contributed by atoms with Gasteiger partial charge in [0.15, 0.2) is 5.78 Å². The quantitative estimate of drug-likeness (QED) is 0.698. The summed E-state index contributed by atoms with van der Waals surface area (Å²) in [6.45, 7) is 5.91. The van der Waals surface area contributed by atoms with Gasteiger partial charge in [-0.05, 0) is 25.0 Å². The first-order valence-corrected chi connectivity index (χ1v) is 6.81. The summed E-state index contributed by atoms with van der Waals surface area (Å²) in [6.07, 6.45) is 0. The zero-order chi connectivity index (χ0) is 15.8. The summed E-state index contributed by atoms with van der Waals surface area (Å²) >= 11 is 0. The van der Waals surface area contributed by atoms with E-state index in [9.17, 15) is 14.4 Å². The molecule has 0 aliphatic carbocycles. The maximum atomic E-state index is 11.6. The molecule has 0 aliphatic heterocycles. The molecule has 114 valence electrons. The highest BCUT2D eigenvalue weighted by Gasteiger charge is 2.07. The SMILES string of the molecule is CC(=O)c1cccc(NC(=O)NCC(=O)NCC(C)C)c1. The molecule has 0 radical (unpaired) electrons. The van der Waals surface area contributed by atoms with Gasteiger partial charge in [-0.2, -0.15) is 0 Å². The Kier molecular flexibility index (Phi) is 6.39. The minimum atomic E-state index is -0.490. The fourth-order valence-electron chi connectivity index (χ4n) is 1.53. The van der Waals surface area contributed by atoms with E-state index in [2.05, 4.69) is 16.0 Å². The molecule has 1 aromatic rings. The molecule has 1 aromatic carbocycles. The van der Waals surface area contributed by atoms with Crippen LogP contribution in [0, 0.1) is 5.92 Å². The Bertz CT molecular complexity index is 527. The molecule has 1 rings (SSSR count). The Labute approximate surface area is 124 Å². The summed E-state index contributed by atoms with van der Waals surface area (Å²) in [4.78, 5) is 34.3. The summed E-state index contributed by atoms with van der Waals surface area (Å²) in [6, 6.07) is 6.12. The van der Waals surface area contributed by atoms with Gasteiger partial charge in [0.25, 0.3) is 0 Å². The molecular weight excluding hydrogens is 270 g/mol. The maximum absolute atomic E-state index is 11.6. The van der Waals surface area contributed by atoms with Gasteiger partial charge in [-0.1, -0.05) is 26.0 Å². The molecule has 0 atom stereocenters. The molecule has 3 N–H and O–H groups in total. The fraction of sp³-hybridized carbons (Fsp3) is 0.400. The van der Waals surface area contributed by atoms with Gasteiger partial charge in [-0.15, -0.1) is 0 Å². The number of hydrogen-bond donors (Lipinski definition) is 3. The lowest BCUT2D eigenvalue weighted by Crippen LogP contribution is -2.40. The largest absolute Gasteiger partial charge is 0.354 e. The predicted octanol–water partition coefficient (Wildman–Crippen LogP) is 1.78. The molecule has 0 spiro atoms. The van der Waals surface area contributed by atoms with Crippen LogP contribution in [-0.4, -0.2) is 30.8 Å². The Hall–Kier alpha value is -2.37. The molecule has 6 heteroatoms. The Balaban J connectivity index is 2.42. The van der Waals surface area contributed by atoms with Gasteiger partial charge in [0.2, 0.25) is 5.91 Å². The van der Waals surface area contributed by atoms with Crippen molar-refractivity contribution in [3.8, 4) is 0 Å². The van der Waals surface area contributed by atoms with E-state index in [1.165, 1.54) is 6.92 Å². The molecule has 0 saturated heterocycles. The van der Waals surface area contributed by atoms with Crippen molar-refractivity contribution in [1.82, 2.24) is 10.6 Å². The average Bonchev–Trinajstić information content (AvgIpc) is 2.43. The molecule has 0 bridgehead atoms. The third-order valence-electron chi connectivity index (χ3n) is 2.64. The average molecular weight is 291 g/mol. The minimum absolute atomic E-state index is 0.0767. The van der Waals surface area contributed by atoms with E-state index in [4.69, 9.17) is 0 Å². The number of rotatable bonds is 6. The maximum Gasteiger partial charge on any atom is 0.319 e. The lowest BCUT2D eigenvalue weighted by molar-refractivity contribution is -0.120. The van der Waals surface area contributed by atoms with Crippen LogP contribution in [-0.2, 0) is 4.79 Å². The molecular formula is C15H21N3O3. The second-order valence-electron chi connectivity index (χ2n) is 5.14. The Morgan fingerprint density at radius 3 is 2.48 bits per heavy atom. The number of anilines is 1. The first kappa shape index (κ1) is 16.7. The highest BCUT2D eigenvalue weighted by atomic mass is 16.2. The Morgan fingerprint density at radius 2 is 1.86 bits per heavy atom. The van der Waals surface area contributed by atoms with Crippen LogP contribution in [0.25, 0.3) is 0 Å². The Morgan fingerprint density at radius 1 is 1.14 bits per heavy atom. The van der Waals surface area contributed by atoms with E-state index in [1.54, 1.807) is 24.3 Å². The van der Waals surface area contributed by atoms with E-state index in [-0.39, 0.29) is 18.2 Å². The van der Waals surface area contributed by atoms with Crippen molar-refractivity contribution in [2.45, 2.75) is 20.8 Å². The number of Topliss-reactive ketones (excluding diaryl/α,β-unsaturated/α-hetero) is 1. The van der Waals surface area contributed by atoms with Crippen molar-refractivity contribution >= 4 is 23.4 Å². The molecule has 6 nitrogen and oxygen atoms in total. The second kappa shape index (κ2) is 8.04. The van der Waals surface area contributed by atoms with Crippen molar-refractivity contribution in [2.75, 3.05) is 18.4 Å². The number of hydrogen-bond acceptors (Lipinski definition) is 3. The van der Waals surface area contributed by atoms with Crippen molar-refractivity contribution in [1.29, 1.82) is 0 Å². The monoisotopic (exact) mass is 291 g/mol. The van der Waals surface area contributed by atoms with Crippen LogP contribution >= 0.6 is 0 Å². The number of nitrogens with one attached hydrogen (secondary N) is 3. The third kappa shape index (κ3) is 6.56. The van der Waals surface area contributed by atoms with Crippen molar-refractivity contribution in [2.24, 2.45) is 5.92 Å². The van der Waals surface area contributed by atoms with Crippen molar-refractivity contribution < 1.29 is 14.4 Å². The zero-order valence-electron chi connectivity index (χ0n) is 12.5. The minimum Gasteiger partial charge on any atom is -0.354 e. The van der Waals surface area contributed by atoms with Gasteiger partial charge < -0.3 is 16.0 Å². The summed E-state index contributed by atoms with van der Waals surface area (Å²) in [5.74, 6) is 0.0422. The second-order valence-corrected chi connectivity index (χ2v) is 5.14. The van der Waals surface area contributed by atoms with Gasteiger partial charge in [-0.25, -0.2) is 4.79 Å². The highest BCUT2D eigenvalue weighted by Crippen LogP contribution is 2.10. The van der Waals surface area contributed by atoms with Crippen LogP contribution in [0.5, 0.6) is 0 Å². The van der Waals surface area contributed by atoms with Crippen LogP contribution in [0.15, 0.2) is 24.3 Å². The zero-order valence-corrected chi connectivity index (χ0v) is 12.5. The van der Waals surface area contributed by atoms with Gasteiger partial charge >= 0.3 is 6.03 Å². The van der Waals surface area contributed by atoms with Gasteiger partial charge in [0.1, 0.15) is 0 Å². The number of amides is 3. The molecule has 0 fully saturated rings. The van der Waals surface area contributed by atoms with Crippen molar-refractivity contribution in [3.63, 3.8) is 0 Å². The van der Waals surface area contributed by atoms with Crippen molar-refractivity contribution in [3.05, 3.63) is 29.8 Å². The summed E-state index contributed by atoms with van der Waals surface area (Å²) in [5.41, 5.74) is 1.02. The normalized spacial score (nSPS) is 10.1. The predicted molar refractivity (Wildman–Crippen MR) is 81.3 cm³/mol. The van der Waals surface area contributed by atoms with Crippen LogP contribution < -0.4 is 16.0 Å². The first-order valence-electron chi connectivity index (χ1n) is 6.81. The standard InChI is InChI=1S/C15H21N3O3/c1-10(2)8-16-14(20)9-17-15(21)18-13-6-4-5-12(7-13)11(3)19/h4-7,10H,8-9H2,1-3H3,(H,16,20)(H2,17,18,21). The molecule has 0 heterocycles. The van der Waals surface area contributed by atoms with Crippen LogP contribution in [0.2, 0.25) is 0 Å². The number of ketones is 1. The molecule has 0 saturated carbocycles.